The van der Waals surface area contributed by atoms with Gasteiger partial charge in [-0.3, -0.25) is 0 Å². The first-order chi connectivity index (χ1) is 6.02. The second-order valence-electron chi connectivity index (χ2n) is 2.57. The maximum absolute atomic E-state index is 10.6. The zero-order valence-electron chi connectivity index (χ0n) is 7.11. The Morgan fingerprint density at radius 3 is 2.77 bits per heavy atom. The Hall–Kier alpha value is -1.91. The number of nitrogens with zero attached hydrogens (tertiary/aromatic N) is 2. The summed E-state index contributed by atoms with van der Waals surface area (Å²) in [6.45, 7) is 5.33. The molecule has 0 aliphatic rings. The van der Waals surface area contributed by atoms with Gasteiger partial charge in [0.25, 0.3) is 0 Å². The second kappa shape index (κ2) is 3.22. The van der Waals surface area contributed by atoms with Crippen LogP contribution in [0, 0.1) is 0 Å². The topological polar surface area (TPSA) is 89.1 Å². The molecule has 0 aliphatic carbocycles. The van der Waals surface area contributed by atoms with Crippen molar-refractivity contribution in [1.82, 2.24) is 9.97 Å². The van der Waals surface area contributed by atoms with Crippen molar-refractivity contribution < 1.29 is 9.90 Å². The third-order valence-corrected chi connectivity index (χ3v) is 1.44. The number of nitrogens with two attached hydrogens (primary N) is 1. The lowest BCUT2D eigenvalue weighted by Gasteiger charge is -2.01. The molecule has 3 N–H and O–H groups in total. The van der Waals surface area contributed by atoms with Crippen LogP contribution in [0.25, 0.3) is 5.57 Å². The quantitative estimate of drug-likeness (QED) is 0.700. The Labute approximate surface area is 74.9 Å². The fraction of sp³-hybridized carbons (Fsp3) is 0.125. The summed E-state index contributed by atoms with van der Waals surface area (Å²) >= 11 is 0. The van der Waals surface area contributed by atoms with E-state index in [4.69, 9.17) is 10.8 Å². The van der Waals surface area contributed by atoms with Crippen LogP contribution < -0.4 is 5.73 Å². The van der Waals surface area contributed by atoms with Crippen molar-refractivity contribution in [1.29, 1.82) is 0 Å². The molecule has 1 rings (SSSR count). The van der Waals surface area contributed by atoms with E-state index in [0.29, 0.717) is 11.3 Å². The number of carboxylic acid groups (broad SMARTS) is 1. The van der Waals surface area contributed by atoms with Crippen LogP contribution in [-0.4, -0.2) is 21.0 Å². The summed E-state index contributed by atoms with van der Waals surface area (Å²) in [6, 6.07) is 0. The second-order valence-corrected chi connectivity index (χ2v) is 2.57. The van der Waals surface area contributed by atoms with E-state index in [1.807, 2.05) is 0 Å². The van der Waals surface area contributed by atoms with Gasteiger partial charge in [0.15, 0.2) is 11.5 Å². The third kappa shape index (κ3) is 1.81. The van der Waals surface area contributed by atoms with Gasteiger partial charge in [0, 0.05) is 0 Å². The van der Waals surface area contributed by atoms with E-state index < -0.39 is 5.97 Å². The van der Waals surface area contributed by atoms with E-state index in [1.165, 1.54) is 6.20 Å². The fourth-order valence-corrected chi connectivity index (χ4v) is 0.761. The molecule has 68 valence electrons. The number of allylic oxidation sites excluding steroid dienone is 1. The maximum Gasteiger partial charge on any atom is 0.358 e. The highest BCUT2D eigenvalue weighted by molar-refractivity contribution is 5.90. The Morgan fingerprint density at radius 2 is 2.31 bits per heavy atom. The van der Waals surface area contributed by atoms with E-state index in [2.05, 4.69) is 16.5 Å². The van der Waals surface area contributed by atoms with Crippen LogP contribution in [0.2, 0.25) is 0 Å². The number of aromatic carboxylic acids is 1. The molecule has 5 heteroatoms. The summed E-state index contributed by atoms with van der Waals surface area (Å²) in [6.07, 6.45) is 1.39. The van der Waals surface area contributed by atoms with Crippen molar-refractivity contribution in [3.05, 3.63) is 24.2 Å². The van der Waals surface area contributed by atoms with E-state index in [1.54, 1.807) is 6.92 Å². The van der Waals surface area contributed by atoms with Crippen LogP contribution >= 0.6 is 0 Å². The van der Waals surface area contributed by atoms with Crippen LogP contribution in [0.5, 0.6) is 0 Å². The molecule has 0 aromatic carbocycles. The minimum atomic E-state index is -1.19. The van der Waals surface area contributed by atoms with E-state index in [0.717, 1.165) is 0 Å². The molecule has 0 saturated carbocycles. The highest BCUT2D eigenvalue weighted by Crippen LogP contribution is 2.11. The molecule has 0 atom stereocenters. The summed E-state index contributed by atoms with van der Waals surface area (Å²) in [5.74, 6) is -1.27. The average Bonchev–Trinajstić information content (AvgIpc) is 2.04. The number of rotatable bonds is 2. The SMILES string of the molecule is C=C(C)c1cnc(N)c(C(=O)O)n1. The lowest BCUT2D eigenvalue weighted by atomic mass is 10.2. The normalized spacial score (nSPS) is 9.62. The van der Waals surface area contributed by atoms with Crippen molar-refractivity contribution in [2.24, 2.45) is 0 Å². The molecule has 0 spiro atoms. The third-order valence-electron chi connectivity index (χ3n) is 1.44. The van der Waals surface area contributed by atoms with Gasteiger partial charge in [-0.1, -0.05) is 6.58 Å². The molecule has 13 heavy (non-hydrogen) atoms. The van der Waals surface area contributed by atoms with E-state index >= 15 is 0 Å². The molecule has 1 aromatic heterocycles. The van der Waals surface area contributed by atoms with Crippen LogP contribution in [-0.2, 0) is 0 Å². The van der Waals surface area contributed by atoms with Crippen molar-refractivity contribution in [2.75, 3.05) is 5.73 Å². The summed E-state index contributed by atoms with van der Waals surface area (Å²) in [5, 5.41) is 8.66. The van der Waals surface area contributed by atoms with Gasteiger partial charge >= 0.3 is 5.97 Å². The lowest BCUT2D eigenvalue weighted by molar-refractivity contribution is 0.0691. The molecule has 0 fully saturated rings. The number of nitrogen functional groups attached to an aromatic ring is 1. The van der Waals surface area contributed by atoms with Crippen molar-refractivity contribution in [3.63, 3.8) is 0 Å². The standard InChI is InChI=1S/C8H9N3O2/c1-4(2)5-3-10-7(9)6(11-5)8(12)13/h3H,1H2,2H3,(H2,9,10)(H,12,13). The van der Waals surface area contributed by atoms with Gasteiger partial charge in [0.1, 0.15) is 0 Å². The number of hydrogen-bond donors (Lipinski definition) is 2. The van der Waals surface area contributed by atoms with Gasteiger partial charge in [-0.15, -0.1) is 0 Å². The van der Waals surface area contributed by atoms with E-state index in [9.17, 15) is 4.79 Å². The first-order valence-corrected chi connectivity index (χ1v) is 3.54. The molecule has 1 aromatic rings. The molecule has 0 amide bonds. The van der Waals surface area contributed by atoms with Crippen molar-refractivity contribution in [3.8, 4) is 0 Å². The van der Waals surface area contributed by atoms with Crippen LogP contribution in [0.1, 0.15) is 23.1 Å². The summed E-state index contributed by atoms with van der Waals surface area (Å²) in [4.78, 5) is 18.1. The Balaban J connectivity index is 3.27. The molecule has 5 nitrogen and oxygen atoms in total. The number of hydrogen-bond acceptors (Lipinski definition) is 4. The number of anilines is 1. The lowest BCUT2D eigenvalue weighted by Crippen LogP contribution is -2.08. The van der Waals surface area contributed by atoms with Gasteiger partial charge in [-0.05, 0) is 12.5 Å². The molecular weight excluding hydrogens is 170 g/mol. The molecule has 0 radical (unpaired) electrons. The molecule has 0 aliphatic heterocycles. The van der Waals surface area contributed by atoms with Crippen molar-refractivity contribution >= 4 is 17.4 Å². The molecule has 0 saturated heterocycles. The molecule has 0 bridgehead atoms. The summed E-state index contributed by atoms with van der Waals surface area (Å²) < 4.78 is 0. The fourth-order valence-electron chi connectivity index (χ4n) is 0.761. The minimum absolute atomic E-state index is 0.0856. The summed E-state index contributed by atoms with van der Waals surface area (Å²) in [5.41, 5.74) is 6.16. The first kappa shape index (κ1) is 9.18. The average molecular weight is 179 g/mol. The minimum Gasteiger partial charge on any atom is -0.476 e. The number of aromatic nitrogens is 2. The molecular formula is C8H9N3O2. The van der Waals surface area contributed by atoms with Crippen molar-refractivity contribution in [2.45, 2.75) is 6.92 Å². The van der Waals surface area contributed by atoms with Gasteiger partial charge in [0.2, 0.25) is 0 Å². The maximum atomic E-state index is 10.6. The zero-order valence-corrected chi connectivity index (χ0v) is 7.11. The van der Waals surface area contributed by atoms with Gasteiger partial charge < -0.3 is 10.8 Å². The van der Waals surface area contributed by atoms with Crippen LogP contribution in [0.15, 0.2) is 12.8 Å². The largest absolute Gasteiger partial charge is 0.476 e. The molecule has 1 heterocycles. The monoisotopic (exact) mass is 179 g/mol. The van der Waals surface area contributed by atoms with Crippen LogP contribution in [0.3, 0.4) is 0 Å². The smallest absolute Gasteiger partial charge is 0.358 e. The highest BCUT2D eigenvalue weighted by atomic mass is 16.4. The predicted molar refractivity (Wildman–Crippen MR) is 48.1 cm³/mol. The van der Waals surface area contributed by atoms with Gasteiger partial charge in [-0.25, -0.2) is 14.8 Å². The number of carbonyl (C=O) groups is 1. The Bertz CT molecular complexity index is 374. The Kier molecular flexibility index (Phi) is 2.27. The predicted octanol–water partition coefficient (Wildman–Crippen LogP) is 0.790. The molecule has 0 unspecified atom stereocenters. The highest BCUT2D eigenvalue weighted by Gasteiger charge is 2.11. The van der Waals surface area contributed by atoms with Gasteiger partial charge in [-0.2, -0.15) is 0 Å². The number of carboxylic acids is 1. The van der Waals surface area contributed by atoms with Crippen LogP contribution in [0.4, 0.5) is 5.82 Å². The van der Waals surface area contributed by atoms with E-state index in [-0.39, 0.29) is 11.5 Å². The first-order valence-electron chi connectivity index (χ1n) is 3.54. The van der Waals surface area contributed by atoms with Gasteiger partial charge in [0.05, 0.1) is 11.9 Å². The zero-order chi connectivity index (χ0) is 10.0. The Morgan fingerprint density at radius 1 is 1.69 bits per heavy atom. The summed E-state index contributed by atoms with van der Waals surface area (Å²) in [7, 11) is 0.